The minimum absolute atomic E-state index is 0.163. The standard InChI is InChI=1S/C18H22N4O4S/c1-11-8-15(23)22-18(19-11)27-14(20-22)10-21(2)9-12-6-7-13(24-3)17(26-5)16(12)25-4/h6-8H,9-10H2,1-5H3. The summed E-state index contributed by atoms with van der Waals surface area (Å²) in [6.45, 7) is 2.99. The molecule has 27 heavy (non-hydrogen) atoms. The van der Waals surface area contributed by atoms with Gasteiger partial charge in [0.25, 0.3) is 5.56 Å². The molecule has 0 N–H and O–H groups in total. The lowest BCUT2D eigenvalue weighted by atomic mass is 10.1. The Labute approximate surface area is 160 Å². The number of rotatable bonds is 7. The zero-order chi connectivity index (χ0) is 19.6. The zero-order valence-corrected chi connectivity index (χ0v) is 16.8. The van der Waals surface area contributed by atoms with Gasteiger partial charge in [0.15, 0.2) is 11.5 Å². The highest BCUT2D eigenvalue weighted by Crippen LogP contribution is 2.40. The van der Waals surface area contributed by atoms with Crippen LogP contribution < -0.4 is 19.8 Å². The normalized spacial score (nSPS) is 11.2. The zero-order valence-electron chi connectivity index (χ0n) is 16.0. The molecule has 0 bridgehead atoms. The molecule has 2 heterocycles. The highest BCUT2D eigenvalue weighted by Gasteiger charge is 2.17. The van der Waals surface area contributed by atoms with Crippen LogP contribution in [0.3, 0.4) is 0 Å². The van der Waals surface area contributed by atoms with Crippen molar-refractivity contribution >= 4 is 16.3 Å². The van der Waals surface area contributed by atoms with Gasteiger partial charge in [0.2, 0.25) is 10.7 Å². The number of aryl methyl sites for hydroxylation is 1. The van der Waals surface area contributed by atoms with Crippen molar-refractivity contribution in [1.82, 2.24) is 19.5 Å². The molecule has 8 nitrogen and oxygen atoms in total. The number of aromatic nitrogens is 3. The van der Waals surface area contributed by atoms with Gasteiger partial charge in [-0.05, 0) is 20.0 Å². The van der Waals surface area contributed by atoms with Gasteiger partial charge >= 0.3 is 0 Å². The number of hydrogen-bond donors (Lipinski definition) is 0. The van der Waals surface area contributed by atoms with Crippen LogP contribution in [0.1, 0.15) is 16.3 Å². The molecule has 0 fully saturated rings. The monoisotopic (exact) mass is 390 g/mol. The second-order valence-electron chi connectivity index (χ2n) is 6.09. The average molecular weight is 390 g/mol. The van der Waals surface area contributed by atoms with Crippen LogP contribution in [-0.2, 0) is 13.1 Å². The number of fused-ring (bicyclic) bond motifs is 1. The van der Waals surface area contributed by atoms with E-state index in [9.17, 15) is 4.79 Å². The molecule has 0 amide bonds. The minimum Gasteiger partial charge on any atom is -0.493 e. The summed E-state index contributed by atoms with van der Waals surface area (Å²) in [5.74, 6) is 1.83. The second kappa shape index (κ2) is 7.93. The van der Waals surface area contributed by atoms with Gasteiger partial charge in [0, 0.05) is 23.9 Å². The number of hydrogen-bond acceptors (Lipinski definition) is 8. The quantitative estimate of drug-likeness (QED) is 0.611. The van der Waals surface area contributed by atoms with Crippen molar-refractivity contribution in [2.45, 2.75) is 20.0 Å². The minimum atomic E-state index is -0.163. The summed E-state index contributed by atoms with van der Waals surface area (Å²) in [6.07, 6.45) is 0. The fraction of sp³-hybridized carbons (Fsp3) is 0.389. The molecule has 0 spiro atoms. The lowest BCUT2D eigenvalue weighted by Crippen LogP contribution is -2.19. The van der Waals surface area contributed by atoms with Crippen molar-refractivity contribution < 1.29 is 14.2 Å². The van der Waals surface area contributed by atoms with Gasteiger partial charge in [0.05, 0.1) is 27.9 Å². The molecular formula is C18H22N4O4S. The molecule has 0 unspecified atom stereocenters. The molecule has 0 aliphatic carbocycles. The smallest absolute Gasteiger partial charge is 0.275 e. The molecule has 0 saturated carbocycles. The highest BCUT2D eigenvalue weighted by atomic mass is 32.1. The van der Waals surface area contributed by atoms with Gasteiger partial charge in [-0.1, -0.05) is 17.4 Å². The highest BCUT2D eigenvalue weighted by molar-refractivity contribution is 7.16. The summed E-state index contributed by atoms with van der Waals surface area (Å²) in [4.78, 5) is 19.1. The van der Waals surface area contributed by atoms with Crippen LogP contribution in [0.4, 0.5) is 0 Å². The summed E-state index contributed by atoms with van der Waals surface area (Å²) in [6, 6.07) is 5.29. The third-order valence-corrected chi connectivity index (χ3v) is 4.94. The van der Waals surface area contributed by atoms with E-state index >= 15 is 0 Å². The van der Waals surface area contributed by atoms with E-state index in [1.54, 1.807) is 28.3 Å². The Morgan fingerprint density at radius 1 is 1.11 bits per heavy atom. The second-order valence-corrected chi connectivity index (χ2v) is 7.13. The number of methoxy groups -OCH3 is 3. The van der Waals surface area contributed by atoms with E-state index in [0.29, 0.717) is 41.0 Å². The van der Waals surface area contributed by atoms with Crippen LogP contribution in [0.2, 0.25) is 0 Å². The number of benzene rings is 1. The summed E-state index contributed by atoms with van der Waals surface area (Å²) in [7, 11) is 6.76. The maximum absolute atomic E-state index is 12.0. The van der Waals surface area contributed by atoms with E-state index < -0.39 is 0 Å². The number of ether oxygens (including phenoxy) is 3. The Morgan fingerprint density at radius 2 is 1.85 bits per heavy atom. The first-order valence-corrected chi connectivity index (χ1v) is 9.11. The van der Waals surface area contributed by atoms with Crippen molar-refractivity contribution in [3.8, 4) is 17.2 Å². The molecule has 2 aromatic heterocycles. The van der Waals surface area contributed by atoms with Crippen molar-refractivity contribution in [1.29, 1.82) is 0 Å². The van der Waals surface area contributed by atoms with E-state index in [-0.39, 0.29) is 5.56 Å². The third-order valence-electron chi connectivity index (χ3n) is 4.05. The van der Waals surface area contributed by atoms with Crippen LogP contribution in [-0.4, -0.2) is 47.9 Å². The van der Waals surface area contributed by atoms with E-state index in [0.717, 1.165) is 10.6 Å². The fourth-order valence-electron chi connectivity index (χ4n) is 2.89. The Morgan fingerprint density at radius 3 is 2.52 bits per heavy atom. The lowest BCUT2D eigenvalue weighted by molar-refractivity contribution is 0.295. The van der Waals surface area contributed by atoms with Crippen LogP contribution in [0.5, 0.6) is 17.2 Å². The lowest BCUT2D eigenvalue weighted by Gasteiger charge is -2.19. The van der Waals surface area contributed by atoms with Gasteiger partial charge in [-0.3, -0.25) is 9.69 Å². The van der Waals surface area contributed by atoms with Crippen molar-refractivity contribution in [3.05, 3.63) is 44.8 Å². The van der Waals surface area contributed by atoms with E-state index in [2.05, 4.69) is 15.0 Å². The first kappa shape index (κ1) is 19.1. The van der Waals surface area contributed by atoms with Gasteiger partial charge in [-0.25, -0.2) is 4.98 Å². The molecule has 0 saturated heterocycles. The van der Waals surface area contributed by atoms with Gasteiger partial charge < -0.3 is 14.2 Å². The number of nitrogens with zero attached hydrogens (tertiary/aromatic N) is 4. The third kappa shape index (κ3) is 3.88. The molecule has 3 aromatic rings. The molecular weight excluding hydrogens is 368 g/mol. The summed E-state index contributed by atoms with van der Waals surface area (Å²) < 4.78 is 17.6. The first-order valence-electron chi connectivity index (χ1n) is 8.29. The van der Waals surface area contributed by atoms with Gasteiger partial charge in [-0.2, -0.15) is 9.61 Å². The van der Waals surface area contributed by atoms with Crippen LogP contribution >= 0.6 is 11.3 Å². The summed E-state index contributed by atoms with van der Waals surface area (Å²) in [5, 5.41) is 5.19. The van der Waals surface area contributed by atoms with E-state index in [1.807, 2.05) is 19.2 Å². The van der Waals surface area contributed by atoms with Gasteiger partial charge in [-0.15, -0.1) is 0 Å². The molecule has 144 valence electrons. The Hall–Kier alpha value is -2.65. The van der Waals surface area contributed by atoms with Crippen molar-refractivity contribution in [2.75, 3.05) is 28.4 Å². The predicted molar refractivity (Wildman–Crippen MR) is 103 cm³/mol. The summed E-state index contributed by atoms with van der Waals surface area (Å²) >= 11 is 1.41. The van der Waals surface area contributed by atoms with Crippen molar-refractivity contribution in [3.63, 3.8) is 0 Å². The molecule has 0 aliphatic rings. The molecule has 1 aromatic carbocycles. The molecule has 0 radical (unpaired) electrons. The van der Waals surface area contributed by atoms with Gasteiger partial charge in [0.1, 0.15) is 5.01 Å². The first-order chi connectivity index (χ1) is 13.0. The average Bonchev–Trinajstić information content (AvgIpc) is 3.03. The van der Waals surface area contributed by atoms with Crippen molar-refractivity contribution in [2.24, 2.45) is 0 Å². The van der Waals surface area contributed by atoms with Crippen LogP contribution in [0.15, 0.2) is 23.0 Å². The SMILES string of the molecule is COc1ccc(CN(C)Cc2nn3c(=O)cc(C)nc3s2)c(OC)c1OC. The van der Waals surface area contributed by atoms with Crippen LogP contribution in [0.25, 0.3) is 4.96 Å². The molecule has 3 rings (SSSR count). The Bertz CT molecular complexity index is 1010. The molecule has 0 aliphatic heterocycles. The van der Waals surface area contributed by atoms with E-state index in [1.165, 1.54) is 21.9 Å². The fourth-order valence-corrected chi connectivity index (χ4v) is 3.91. The predicted octanol–water partition coefficient (Wildman–Crippen LogP) is 2.12. The van der Waals surface area contributed by atoms with Crippen LogP contribution in [0, 0.1) is 6.92 Å². The summed E-state index contributed by atoms with van der Waals surface area (Å²) in [5.41, 5.74) is 1.49. The maximum atomic E-state index is 12.0. The Balaban J connectivity index is 1.83. The Kier molecular flexibility index (Phi) is 5.62. The molecule has 0 atom stereocenters. The maximum Gasteiger partial charge on any atom is 0.275 e. The molecule has 9 heteroatoms. The van der Waals surface area contributed by atoms with E-state index in [4.69, 9.17) is 14.2 Å². The topological polar surface area (TPSA) is 78.2 Å². The largest absolute Gasteiger partial charge is 0.493 e.